The number of fused-ring (bicyclic) bond motifs is 3. The van der Waals surface area contributed by atoms with E-state index in [4.69, 9.17) is 14.6 Å². The van der Waals surface area contributed by atoms with Gasteiger partial charge in [0.1, 0.15) is 23.1 Å². The Morgan fingerprint density at radius 3 is 2.55 bits per heavy atom. The Labute approximate surface area is 231 Å². The number of amides is 2. The van der Waals surface area contributed by atoms with E-state index in [1.807, 2.05) is 70.9 Å². The first kappa shape index (κ1) is 25.2. The lowest BCUT2D eigenvalue weighted by atomic mass is 10.0. The molecule has 0 unspecified atom stereocenters. The van der Waals surface area contributed by atoms with Gasteiger partial charge in [0, 0.05) is 17.8 Å². The van der Waals surface area contributed by atoms with E-state index in [2.05, 4.69) is 5.32 Å². The van der Waals surface area contributed by atoms with Gasteiger partial charge >= 0.3 is 6.03 Å². The number of anilines is 1. The van der Waals surface area contributed by atoms with Gasteiger partial charge in [0.2, 0.25) is 0 Å². The van der Waals surface area contributed by atoms with E-state index in [-0.39, 0.29) is 18.4 Å². The minimum absolute atomic E-state index is 0.231. The van der Waals surface area contributed by atoms with Crippen molar-refractivity contribution >= 4 is 11.7 Å². The van der Waals surface area contributed by atoms with Gasteiger partial charge in [0.25, 0.3) is 0 Å². The molecular weight excluding hydrogens is 509 g/mol. The van der Waals surface area contributed by atoms with Crippen LogP contribution in [0.4, 0.5) is 14.9 Å². The number of nitrogens with one attached hydrogen (secondary N) is 1. The maximum absolute atomic E-state index is 14.6. The Kier molecular flexibility index (Phi) is 6.47. The number of benzene rings is 3. The zero-order chi connectivity index (χ0) is 27.8. The van der Waals surface area contributed by atoms with Crippen molar-refractivity contribution in [3.63, 3.8) is 0 Å². The first-order valence-electron chi connectivity index (χ1n) is 12.8. The first-order valence-corrected chi connectivity index (χ1v) is 12.8. The first-order chi connectivity index (χ1) is 19.5. The number of hydrogen-bond acceptors (Lipinski definition) is 4. The Hall–Kier alpha value is -5.05. The maximum atomic E-state index is 14.6. The van der Waals surface area contributed by atoms with Crippen molar-refractivity contribution in [1.29, 1.82) is 0 Å². The summed E-state index contributed by atoms with van der Waals surface area (Å²) >= 11 is 0. The molecule has 0 spiro atoms. The largest absolute Gasteiger partial charge is 0.497 e. The van der Waals surface area contributed by atoms with Crippen LogP contribution >= 0.6 is 0 Å². The van der Waals surface area contributed by atoms with Crippen molar-refractivity contribution < 1.29 is 18.7 Å². The van der Waals surface area contributed by atoms with Gasteiger partial charge in [-0.25, -0.2) is 13.9 Å². The number of urea groups is 1. The normalized spacial score (nSPS) is 14.2. The number of ether oxygens (including phenoxy) is 2. The second kappa shape index (κ2) is 10.3. The summed E-state index contributed by atoms with van der Waals surface area (Å²) in [6.07, 6.45) is 1.95. The molecule has 1 N–H and O–H groups in total. The van der Waals surface area contributed by atoms with Crippen LogP contribution in [0.5, 0.6) is 11.5 Å². The van der Waals surface area contributed by atoms with Crippen LogP contribution in [0, 0.1) is 12.7 Å². The molecule has 9 heteroatoms. The number of halogens is 1. The fourth-order valence-corrected chi connectivity index (χ4v) is 5.28. The molecule has 3 heterocycles. The molecule has 2 aromatic heterocycles. The maximum Gasteiger partial charge on any atom is 0.323 e. The van der Waals surface area contributed by atoms with Crippen molar-refractivity contribution in [2.75, 3.05) is 19.5 Å². The van der Waals surface area contributed by atoms with Crippen LogP contribution in [0.3, 0.4) is 0 Å². The minimum Gasteiger partial charge on any atom is -0.497 e. The number of hydrogen-bond donors (Lipinski definition) is 1. The van der Waals surface area contributed by atoms with Crippen LogP contribution in [0.1, 0.15) is 28.6 Å². The summed E-state index contributed by atoms with van der Waals surface area (Å²) in [6.45, 7) is 2.17. The third-order valence-electron chi connectivity index (χ3n) is 7.16. The molecule has 0 saturated heterocycles. The molecule has 0 bridgehead atoms. The minimum atomic E-state index is -0.599. The average molecular weight is 538 g/mol. The van der Waals surface area contributed by atoms with Crippen LogP contribution in [0.15, 0.2) is 91.1 Å². The van der Waals surface area contributed by atoms with Gasteiger partial charge in [-0.3, -0.25) is 0 Å². The second-order valence-corrected chi connectivity index (χ2v) is 9.52. The fourth-order valence-electron chi connectivity index (χ4n) is 5.28. The summed E-state index contributed by atoms with van der Waals surface area (Å²) in [7, 11) is 3.10. The van der Waals surface area contributed by atoms with Gasteiger partial charge in [-0.05, 0) is 61.0 Å². The molecule has 6 rings (SSSR count). The summed E-state index contributed by atoms with van der Waals surface area (Å²) in [4.78, 5) is 15.9. The van der Waals surface area contributed by atoms with Crippen LogP contribution < -0.4 is 14.8 Å². The predicted molar refractivity (Wildman–Crippen MR) is 150 cm³/mol. The number of carbonyl (C=O) groups excluding carboxylic acids is 1. The number of aromatic nitrogens is 3. The Balaban J connectivity index is 1.53. The van der Waals surface area contributed by atoms with Gasteiger partial charge in [-0.15, -0.1) is 0 Å². The van der Waals surface area contributed by atoms with Crippen molar-refractivity contribution in [3.05, 3.63) is 119 Å². The Morgan fingerprint density at radius 1 is 0.975 bits per heavy atom. The van der Waals surface area contributed by atoms with Gasteiger partial charge < -0.3 is 24.3 Å². The molecule has 0 saturated carbocycles. The van der Waals surface area contributed by atoms with E-state index in [1.165, 1.54) is 12.1 Å². The Bertz CT molecular complexity index is 1690. The van der Waals surface area contributed by atoms with E-state index < -0.39 is 6.04 Å². The summed E-state index contributed by atoms with van der Waals surface area (Å²) in [6, 6.07) is 24.3. The fraction of sp³-hybridized carbons (Fsp3) is 0.161. The number of aryl methyl sites for hydroxylation is 1. The monoisotopic (exact) mass is 537 g/mol. The van der Waals surface area contributed by atoms with Crippen molar-refractivity contribution in [1.82, 2.24) is 19.2 Å². The lowest BCUT2D eigenvalue weighted by Gasteiger charge is -2.31. The SMILES string of the molecule is COc1ccc(OC)c(NC(=O)N2Cc3c(C)nn(-c4ccccc4)c3-n3cccc3[C@@H]2c2cccc(F)c2)c1. The zero-order valence-corrected chi connectivity index (χ0v) is 22.3. The van der Waals surface area contributed by atoms with Crippen LogP contribution in [0.25, 0.3) is 11.5 Å². The number of para-hydroxylation sites is 1. The molecule has 1 aliphatic rings. The molecule has 8 nitrogen and oxygen atoms in total. The number of rotatable bonds is 5. The molecule has 1 atom stereocenters. The molecule has 40 heavy (non-hydrogen) atoms. The highest BCUT2D eigenvalue weighted by molar-refractivity contribution is 5.92. The smallest absolute Gasteiger partial charge is 0.323 e. The molecule has 2 amide bonds. The van der Waals surface area contributed by atoms with Crippen LogP contribution in [-0.2, 0) is 6.54 Å². The van der Waals surface area contributed by atoms with Crippen molar-refractivity contribution in [2.24, 2.45) is 0 Å². The highest BCUT2D eigenvalue weighted by Gasteiger charge is 2.36. The highest BCUT2D eigenvalue weighted by atomic mass is 19.1. The molecule has 1 aliphatic heterocycles. The van der Waals surface area contributed by atoms with Crippen LogP contribution in [0.2, 0.25) is 0 Å². The van der Waals surface area contributed by atoms with Gasteiger partial charge in [-0.2, -0.15) is 5.10 Å². The molecule has 0 fully saturated rings. The summed E-state index contributed by atoms with van der Waals surface area (Å²) in [5.74, 6) is 1.52. The van der Waals surface area contributed by atoms with E-state index in [0.717, 1.165) is 28.5 Å². The molecule has 3 aromatic carbocycles. The summed E-state index contributed by atoms with van der Waals surface area (Å²) in [5.41, 5.74) is 4.47. The third kappa shape index (κ3) is 4.35. The van der Waals surface area contributed by atoms with Gasteiger partial charge in [0.05, 0.1) is 49.6 Å². The van der Waals surface area contributed by atoms with E-state index in [1.54, 1.807) is 43.4 Å². The predicted octanol–water partition coefficient (Wildman–Crippen LogP) is 6.26. The summed E-state index contributed by atoms with van der Waals surface area (Å²) < 4.78 is 29.4. The third-order valence-corrected chi connectivity index (χ3v) is 7.16. The lowest BCUT2D eigenvalue weighted by molar-refractivity contribution is 0.194. The molecular formula is C31H28FN5O3. The lowest BCUT2D eigenvalue weighted by Crippen LogP contribution is -2.38. The molecule has 202 valence electrons. The molecule has 5 aromatic rings. The van der Waals surface area contributed by atoms with Gasteiger partial charge in [-0.1, -0.05) is 30.3 Å². The number of methoxy groups -OCH3 is 2. The van der Waals surface area contributed by atoms with Crippen molar-refractivity contribution in [2.45, 2.75) is 19.5 Å². The highest BCUT2D eigenvalue weighted by Crippen LogP contribution is 2.39. The van der Waals surface area contributed by atoms with Crippen LogP contribution in [-0.4, -0.2) is 39.5 Å². The second-order valence-electron chi connectivity index (χ2n) is 9.52. The van der Waals surface area contributed by atoms with E-state index in [0.29, 0.717) is 22.7 Å². The Morgan fingerprint density at radius 2 is 1.80 bits per heavy atom. The topological polar surface area (TPSA) is 73.6 Å². The van der Waals surface area contributed by atoms with Crippen molar-refractivity contribution in [3.8, 4) is 23.0 Å². The zero-order valence-electron chi connectivity index (χ0n) is 22.3. The van der Waals surface area contributed by atoms with Gasteiger partial charge in [0.15, 0.2) is 0 Å². The standard InChI is InChI=1S/C31H28FN5O3/c1-20-25-19-36(31(38)33-26-18-24(39-2)14-15-28(26)40-3)29(21-9-7-10-22(32)17-21)27-13-8-16-35(27)30(25)37(34-20)23-11-5-4-6-12-23/h4-18,29H,19H2,1-3H3,(H,33,38)/t29-/m0/s1. The molecule has 0 aliphatic carbocycles. The summed E-state index contributed by atoms with van der Waals surface area (Å²) in [5, 5.41) is 7.87. The van der Waals surface area contributed by atoms with E-state index >= 15 is 0 Å². The number of nitrogens with zero attached hydrogens (tertiary/aromatic N) is 4. The average Bonchev–Trinajstić information content (AvgIpc) is 3.53. The molecule has 0 radical (unpaired) electrons. The number of carbonyl (C=O) groups is 1. The quantitative estimate of drug-likeness (QED) is 0.287. The van der Waals surface area contributed by atoms with E-state index in [9.17, 15) is 9.18 Å².